The van der Waals surface area contributed by atoms with Gasteiger partial charge in [-0.3, -0.25) is 25.2 Å². The van der Waals surface area contributed by atoms with Crippen LogP contribution in [0.1, 0.15) is 110 Å². The van der Waals surface area contributed by atoms with Crippen molar-refractivity contribution in [3.8, 4) is 0 Å². The van der Waals surface area contributed by atoms with Crippen molar-refractivity contribution in [3.63, 3.8) is 0 Å². The number of carbonyl (C=O) groups is 3. The van der Waals surface area contributed by atoms with Gasteiger partial charge in [0.15, 0.2) is 0 Å². The molecule has 35 heavy (non-hydrogen) atoms. The number of hydrogen-bond acceptors (Lipinski definition) is 3. The molecule has 2 aromatic carbocycles. The first-order valence-electron chi connectivity index (χ1n) is 13.1. The van der Waals surface area contributed by atoms with Crippen LogP contribution in [0.2, 0.25) is 0 Å². The molecule has 0 aliphatic rings. The predicted octanol–water partition coefficient (Wildman–Crippen LogP) is 6.71. The molecule has 0 unspecified atom stereocenters. The average molecular weight is 480 g/mol. The van der Waals surface area contributed by atoms with E-state index >= 15 is 0 Å². The molecule has 0 fully saturated rings. The van der Waals surface area contributed by atoms with Gasteiger partial charge in [0, 0.05) is 23.2 Å². The molecular formula is C29H41N3O3. The molecule has 0 atom stereocenters. The van der Waals surface area contributed by atoms with Crippen molar-refractivity contribution >= 4 is 23.4 Å². The van der Waals surface area contributed by atoms with Gasteiger partial charge in [0.1, 0.15) is 0 Å². The van der Waals surface area contributed by atoms with E-state index in [1.807, 2.05) is 25.1 Å². The van der Waals surface area contributed by atoms with Crippen LogP contribution >= 0.6 is 0 Å². The van der Waals surface area contributed by atoms with E-state index < -0.39 is 5.91 Å². The van der Waals surface area contributed by atoms with E-state index in [4.69, 9.17) is 0 Å². The number of unbranched alkanes of at least 4 members (excludes halogenated alkanes) is 10. The van der Waals surface area contributed by atoms with E-state index in [-0.39, 0.29) is 11.8 Å². The zero-order valence-corrected chi connectivity index (χ0v) is 21.3. The molecular weight excluding hydrogens is 438 g/mol. The lowest BCUT2D eigenvalue weighted by molar-refractivity contribution is -0.122. The van der Waals surface area contributed by atoms with Crippen molar-refractivity contribution in [2.75, 3.05) is 5.32 Å². The fourth-order valence-corrected chi connectivity index (χ4v) is 3.94. The summed E-state index contributed by atoms with van der Waals surface area (Å²) in [4.78, 5) is 36.7. The number of amides is 3. The molecule has 0 spiro atoms. The van der Waals surface area contributed by atoms with Crippen LogP contribution < -0.4 is 16.2 Å². The van der Waals surface area contributed by atoms with Gasteiger partial charge in [-0.2, -0.15) is 0 Å². The summed E-state index contributed by atoms with van der Waals surface area (Å²) in [5, 5.41) is 2.83. The van der Waals surface area contributed by atoms with Gasteiger partial charge in [0.25, 0.3) is 11.8 Å². The van der Waals surface area contributed by atoms with Crippen LogP contribution in [-0.4, -0.2) is 17.7 Å². The maximum absolute atomic E-state index is 12.4. The summed E-state index contributed by atoms with van der Waals surface area (Å²) in [6, 6.07) is 13.9. The van der Waals surface area contributed by atoms with E-state index in [2.05, 4.69) is 23.1 Å². The van der Waals surface area contributed by atoms with Crippen molar-refractivity contribution in [1.29, 1.82) is 0 Å². The Morgan fingerprint density at radius 2 is 1.23 bits per heavy atom. The lowest BCUT2D eigenvalue weighted by Crippen LogP contribution is -2.41. The Labute approximate surface area is 210 Å². The highest BCUT2D eigenvalue weighted by Gasteiger charge is 2.10. The van der Waals surface area contributed by atoms with Crippen molar-refractivity contribution in [2.24, 2.45) is 0 Å². The molecule has 0 saturated heterocycles. The molecule has 0 radical (unpaired) electrons. The molecule has 3 amide bonds. The number of hydrogen-bond donors (Lipinski definition) is 3. The monoisotopic (exact) mass is 479 g/mol. The Morgan fingerprint density at radius 3 is 1.83 bits per heavy atom. The highest BCUT2D eigenvalue weighted by molar-refractivity contribution is 6.05. The molecule has 0 heterocycles. The van der Waals surface area contributed by atoms with Gasteiger partial charge < -0.3 is 5.32 Å². The number of aryl methyl sites for hydroxylation is 1. The van der Waals surface area contributed by atoms with Crippen LogP contribution in [0.3, 0.4) is 0 Å². The summed E-state index contributed by atoms with van der Waals surface area (Å²) in [6.45, 7) is 4.12. The minimum atomic E-state index is -0.394. The molecule has 3 N–H and O–H groups in total. The molecule has 0 aliphatic carbocycles. The lowest BCUT2D eigenvalue weighted by Gasteiger charge is -2.10. The number of rotatable bonds is 15. The summed E-state index contributed by atoms with van der Waals surface area (Å²) >= 11 is 0. The van der Waals surface area contributed by atoms with Gasteiger partial charge in [0.2, 0.25) is 5.91 Å². The summed E-state index contributed by atoms with van der Waals surface area (Å²) in [6.07, 6.45) is 13.9. The number of nitrogens with one attached hydrogen (secondary N) is 3. The van der Waals surface area contributed by atoms with Crippen LogP contribution in [0.15, 0.2) is 48.5 Å². The van der Waals surface area contributed by atoms with Crippen molar-refractivity contribution in [3.05, 3.63) is 65.2 Å². The van der Waals surface area contributed by atoms with Crippen LogP contribution in [-0.2, 0) is 4.79 Å². The van der Waals surface area contributed by atoms with Gasteiger partial charge in [0.05, 0.1) is 0 Å². The van der Waals surface area contributed by atoms with Gasteiger partial charge in [-0.05, 0) is 49.2 Å². The van der Waals surface area contributed by atoms with Crippen LogP contribution in [0.4, 0.5) is 5.69 Å². The second kappa shape index (κ2) is 16.5. The van der Waals surface area contributed by atoms with Gasteiger partial charge in [-0.25, -0.2) is 0 Å². The third kappa shape index (κ3) is 11.2. The minimum absolute atomic E-state index is 0.184. The molecule has 0 aliphatic heterocycles. The van der Waals surface area contributed by atoms with Crippen molar-refractivity contribution in [1.82, 2.24) is 10.9 Å². The fraction of sp³-hybridized carbons (Fsp3) is 0.483. The third-order valence-corrected chi connectivity index (χ3v) is 6.12. The highest BCUT2D eigenvalue weighted by Crippen LogP contribution is 2.14. The van der Waals surface area contributed by atoms with E-state index in [1.165, 1.54) is 51.4 Å². The molecule has 0 saturated carbocycles. The SMILES string of the molecule is CCCCCCCCCCCCCC(=O)NNC(=O)c1ccc(NC(=O)c2ccccc2C)cc1. The maximum atomic E-state index is 12.4. The molecule has 2 rings (SSSR count). The normalized spacial score (nSPS) is 10.6. The first kappa shape index (κ1) is 28.1. The molecule has 2 aromatic rings. The highest BCUT2D eigenvalue weighted by atomic mass is 16.2. The second-order valence-corrected chi connectivity index (χ2v) is 9.13. The van der Waals surface area contributed by atoms with Gasteiger partial charge in [-0.15, -0.1) is 0 Å². The first-order valence-corrected chi connectivity index (χ1v) is 13.1. The number of benzene rings is 2. The zero-order valence-electron chi connectivity index (χ0n) is 21.3. The van der Waals surface area contributed by atoms with Crippen LogP contribution in [0, 0.1) is 6.92 Å². The lowest BCUT2D eigenvalue weighted by atomic mass is 10.1. The average Bonchev–Trinajstić information content (AvgIpc) is 2.86. The predicted molar refractivity (Wildman–Crippen MR) is 142 cm³/mol. The largest absolute Gasteiger partial charge is 0.322 e. The van der Waals surface area contributed by atoms with Crippen molar-refractivity contribution in [2.45, 2.75) is 90.9 Å². The van der Waals surface area contributed by atoms with Crippen LogP contribution in [0.5, 0.6) is 0 Å². The summed E-state index contributed by atoms with van der Waals surface area (Å²) in [5.41, 5.74) is 7.43. The molecule has 0 aromatic heterocycles. The van der Waals surface area contributed by atoms with Crippen molar-refractivity contribution < 1.29 is 14.4 Å². The van der Waals surface area contributed by atoms with E-state index in [0.717, 1.165) is 24.8 Å². The Bertz CT molecular complexity index is 925. The van der Waals surface area contributed by atoms with Crippen LogP contribution in [0.25, 0.3) is 0 Å². The number of carbonyl (C=O) groups excluding carboxylic acids is 3. The summed E-state index contributed by atoms with van der Waals surface area (Å²) < 4.78 is 0. The fourth-order valence-electron chi connectivity index (χ4n) is 3.94. The molecule has 6 nitrogen and oxygen atoms in total. The Morgan fingerprint density at radius 1 is 0.657 bits per heavy atom. The topological polar surface area (TPSA) is 87.3 Å². The standard InChI is InChI=1S/C29H41N3O3/c1-3-4-5-6-7-8-9-10-11-12-13-18-27(33)31-32-28(34)24-19-21-25(22-20-24)30-29(35)26-17-15-14-16-23(26)2/h14-17,19-22H,3-13,18H2,1-2H3,(H,30,35)(H,31,33)(H,32,34). The quantitative estimate of drug-likeness (QED) is 0.196. The van der Waals surface area contributed by atoms with E-state index in [9.17, 15) is 14.4 Å². The Hall–Kier alpha value is -3.15. The minimum Gasteiger partial charge on any atom is -0.322 e. The molecule has 190 valence electrons. The molecule has 0 bridgehead atoms. The second-order valence-electron chi connectivity index (χ2n) is 9.13. The summed E-state index contributed by atoms with van der Waals surface area (Å²) in [7, 11) is 0. The number of hydrazine groups is 1. The summed E-state index contributed by atoms with van der Waals surface area (Å²) in [5.74, 6) is -0.777. The van der Waals surface area contributed by atoms with Gasteiger partial charge in [-0.1, -0.05) is 89.3 Å². The zero-order chi connectivity index (χ0) is 25.3. The number of anilines is 1. The smallest absolute Gasteiger partial charge is 0.269 e. The Kier molecular flexibility index (Phi) is 13.2. The first-order chi connectivity index (χ1) is 17.0. The Balaban J connectivity index is 1.58. The molecule has 6 heteroatoms. The van der Waals surface area contributed by atoms with E-state index in [1.54, 1.807) is 30.3 Å². The maximum Gasteiger partial charge on any atom is 0.269 e. The van der Waals surface area contributed by atoms with E-state index in [0.29, 0.717) is 23.2 Å². The third-order valence-electron chi connectivity index (χ3n) is 6.12. The van der Waals surface area contributed by atoms with Gasteiger partial charge >= 0.3 is 0 Å².